The SMILES string of the molecule is N[B]C1CCCCC1. The third kappa shape index (κ3) is 1.51. The molecule has 0 saturated heterocycles. The standard InChI is InChI=1S/C6H13BN/c8-7-6-4-2-1-3-5-6/h6H,1-5,8H2. The molecule has 1 radical (unpaired) electrons. The Bertz CT molecular complexity index is 59.5. The van der Waals surface area contributed by atoms with Crippen LogP contribution in [0.3, 0.4) is 0 Å². The van der Waals surface area contributed by atoms with E-state index in [1.165, 1.54) is 32.1 Å². The van der Waals surface area contributed by atoms with Crippen LogP contribution in [0.4, 0.5) is 0 Å². The molecule has 0 aromatic heterocycles. The van der Waals surface area contributed by atoms with Gasteiger partial charge in [-0.25, -0.2) is 0 Å². The predicted octanol–water partition coefficient (Wildman–Crippen LogP) is 1.32. The molecule has 0 spiro atoms. The Labute approximate surface area is 51.9 Å². The molecular weight excluding hydrogens is 96.9 g/mol. The van der Waals surface area contributed by atoms with E-state index >= 15 is 0 Å². The fourth-order valence-electron chi connectivity index (χ4n) is 1.33. The Morgan fingerprint density at radius 2 is 1.75 bits per heavy atom. The number of hydrogen-bond donors (Lipinski definition) is 1. The summed E-state index contributed by atoms with van der Waals surface area (Å²) >= 11 is 0. The maximum atomic E-state index is 5.38. The molecule has 0 amide bonds. The summed E-state index contributed by atoms with van der Waals surface area (Å²) in [6, 6.07) is 0. The topological polar surface area (TPSA) is 26.0 Å². The summed E-state index contributed by atoms with van der Waals surface area (Å²) in [6.07, 6.45) is 6.86. The first kappa shape index (κ1) is 6.15. The lowest BCUT2D eigenvalue weighted by molar-refractivity contribution is 0.500. The molecule has 8 heavy (non-hydrogen) atoms. The summed E-state index contributed by atoms with van der Waals surface area (Å²) in [4.78, 5) is 0. The van der Waals surface area contributed by atoms with E-state index in [0.717, 1.165) is 5.82 Å². The molecule has 1 nitrogen and oxygen atoms in total. The second-order valence-electron chi connectivity index (χ2n) is 2.59. The van der Waals surface area contributed by atoms with Gasteiger partial charge in [-0.1, -0.05) is 37.9 Å². The molecule has 0 aromatic carbocycles. The maximum Gasteiger partial charge on any atom is 0.205 e. The van der Waals surface area contributed by atoms with Gasteiger partial charge in [0.2, 0.25) is 7.41 Å². The van der Waals surface area contributed by atoms with E-state index < -0.39 is 0 Å². The van der Waals surface area contributed by atoms with Gasteiger partial charge < -0.3 is 5.64 Å². The second kappa shape index (κ2) is 3.13. The Balaban J connectivity index is 2.13. The Hall–Kier alpha value is 0.0249. The van der Waals surface area contributed by atoms with Gasteiger partial charge in [-0.05, 0) is 0 Å². The lowest BCUT2D eigenvalue weighted by Crippen LogP contribution is -2.15. The molecule has 1 fully saturated rings. The van der Waals surface area contributed by atoms with Gasteiger partial charge in [0.25, 0.3) is 0 Å². The molecule has 0 aromatic rings. The van der Waals surface area contributed by atoms with E-state index in [-0.39, 0.29) is 0 Å². The van der Waals surface area contributed by atoms with Crippen molar-refractivity contribution in [3.8, 4) is 0 Å². The number of nitrogens with two attached hydrogens (primary N) is 1. The van der Waals surface area contributed by atoms with Gasteiger partial charge in [-0.15, -0.1) is 0 Å². The molecule has 1 saturated carbocycles. The lowest BCUT2D eigenvalue weighted by Gasteiger charge is -2.17. The van der Waals surface area contributed by atoms with Gasteiger partial charge in [-0.3, -0.25) is 0 Å². The quantitative estimate of drug-likeness (QED) is 0.506. The normalized spacial score (nSPS) is 23.1. The van der Waals surface area contributed by atoms with Gasteiger partial charge in [0.05, 0.1) is 0 Å². The van der Waals surface area contributed by atoms with Gasteiger partial charge in [-0.2, -0.15) is 0 Å². The van der Waals surface area contributed by atoms with E-state index in [4.69, 9.17) is 5.64 Å². The van der Waals surface area contributed by atoms with E-state index in [1.54, 1.807) is 0 Å². The van der Waals surface area contributed by atoms with E-state index in [2.05, 4.69) is 0 Å². The molecule has 0 unspecified atom stereocenters. The van der Waals surface area contributed by atoms with Crippen LogP contribution in [0.1, 0.15) is 32.1 Å². The Kier molecular flexibility index (Phi) is 2.41. The van der Waals surface area contributed by atoms with Crippen LogP contribution in [0.5, 0.6) is 0 Å². The average molecular weight is 110 g/mol. The summed E-state index contributed by atoms with van der Waals surface area (Å²) < 4.78 is 0. The molecule has 1 rings (SSSR count). The van der Waals surface area contributed by atoms with Gasteiger partial charge in [0.1, 0.15) is 0 Å². The minimum Gasteiger partial charge on any atom is -0.374 e. The molecule has 1 aliphatic carbocycles. The predicted molar refractivity (Wildman–Crippen MR) is 36.8 cm³/mol. The molecule has 45 valence electrons. The molecule has 0 heterocycles. The zero-order valence-corrected chi connectivity index (χ0v) is 5.27. The van der Waals surface area contributed by atoms with Crippen LogP contribution in [0.15, 0.2) is 0 Å². The third-order valence-corrected chi connectivity index (χ3v) is 1.92. The lowest BCUT2D eigenvalue weighted by atomic mass is 9.68. The van der Waals surface area contributed by atoms with Crippen LogP contribution in [0, 0.1) is 0 Å². The van der Waals surface area contributed by atoms with Crippen molar-refractivity contribution in [3.63, 3.8) is 0 Å². The van der Waals surface area contributed by atoms with Crippen LogP contribution < -0.4 is 5.64 Å². The van der Waals surface area contributed by atoms with Crippen LogP contribution in [-0.4, -0.2) is 7.41 Å². The first-order valence-corrected chi connectivity index (χ1v) is 3.48. The Morgan fingerprint density at radius 3 is 2.12 bits per heavy atom. The molecule has 2 heteroatoms. The summed E-state index contributed by atoms with van der Waals surface area (Å²) in [6.45, 7) is 0. The molecule has 2 N–H and O–H groups in total. The molecule has 0 aliphatic heterocycles. The van der Waals surface area contributed by atoms with Crippen molar-refractivity contribution < 1.29 is 0 Å². The fourth-order valence-corrected chi connectivity index (χ4v) is 1.33. The molecular formula is C6H13BN. The van der Waals surface area contributed by atoms with E-state index in [0.29, 0.717) is 0 Å². The second-order valence-corrected chi connectivity index (χ2v) is 2.59. The largest absolute Gasteiger partial charge is 0.374 e. The molecule has 0 bridgehead atoms. The zero-order chi connectivity index (χ0) is 5.82. The summed E-state index contributed by atoms with van der Waals surface area (Å²) in [5, 5.41) is 0. The average Bonchev–Trinajstić information content (AvgIpc) is 1.90. The summed E-state index contributed by atoms with van der Waals surface area (Å²) in [5.41, 5.74) is 5.38. The van der Waals surface area contributed by atoms with Crippen LogP contribution in [0.25, 0.3) is 0 Å². The highest BCUT2D eigenvalue weighted by Gasteiger charge is 2.11. The molecule has 0 atom stereocenters. The number of hydrogen-bond acceptors (Lipinski definition) is 1. The minimum atomic E-state index is 0.740. The molecule has 1 aliphatic rings. The summed E-state index contributed by atoms with van der Waals surface area (Å²) in [7, 11) is 1.86. The third-order valence-electron chi connectivity index (χ3n) is 1.92. The maximum absolute atomic E-state index is 5.38. The smallest absolute Gasteiger partial charge is 0.205 e. The fraction of sp³-hybridized carbons (Fsp3) is 1.00. The van der Waals surface area contributed by atoms with E-state index in [1.807, 2.05) is 7.41 Å². The highest BCUT2D eigenvalue weighted by Crippen LogP contribution is 2.26. The van der Waals surface area contributed by atoms with Crippen LogP contribution in [0.2, 0.25) is 5.82 Å². The van der Waals surface area contributed by atoms with Crippen molar-refractivity contribution in [3.05, 3.63) is 0 Å². The van der Waals surface area contributed by atoms with Crippen LogP contribution in [-0.2, 0) is 0 Å². The van der Waals surface area contributed by atoms with Crippen molar-refractivity contribution >= 4 is 7.41 Å². The minimum absolute atomic E-state index is 0.740. The highest BCUT2D eigenvalue weighted by atomic mass is 14.4. The van der Waals surface area contributed by atoms with Crippen molar-refractivity contribution in [2.24, 2.45) is 5.64 Å². The van der Waals surface area contributed by atoms with Crippen molar-refractivity contribution in [2.45, 2.75) is 37.9 Å². The van der Waals surface area contributed by atoms with E-state index in [9.17, 15) is 0 Å². The van der Waals surface area contributed by atoms with Gasteiger partial charge >= 0.3 is 0 Å². The summed E-state index contributed by atoms with van der Waals surface area (Å²) in [5.74, 6) is 0.740. The monoisotopic (exact) mass is 110 g/mol. The van der Waals surface area contributed by atoms with Gasteiger partial charge in [0, 0.05) is 0 Å². The van der Waals surface area contributed by atoms with Crippen molar-refractivity contribution in [1.29, 1.82) is 0 Å². The van der Waals surface area contributed by atoms with Crippen molar-refractivity contribution in [2.75, 3.05) is 0 Å². The van der Waals surface area contributed by atoms with Crippen molar-refractivity contribution in [1.82, 2.24) is 0 Å². The first-order chi connectivity index (χ1) is 3.93. The first-order valence-electron chi connectivity index (χ1n) is 3.48. The highest BCUT2D eigenvalue weighted by molar-refractivity contribution is 6.33. The van der Waals surface area contributed by atoms with Crippen LogP contribution >= 0.6 is 0 Å². The Morgan fingerprint density at radius 1 is 1.12 bits per heavy atom. The zero-order valence-electron chi connectivity index (χ0n) is 5.27. The van der Waals surface area contributed by atoms with Gasteiger partial charge in [0.15, 0.2) is 0 Å². The number of rotatable bonds is 1.